The zero-order chi connectivity index (χ0) is 13.3. The van der Waals surface area contributed by atoms with Gasteiger partial charge in [-0.25, -0.2) is 0 Å². The Morgan fingerprint density at radius 3 is 2.72 bits per heavy atom. The molecule has 1 aromatic carbocycles. The van der Waals surface area contributed by atoms with Gasteiger partial charge in [-0.1, -0.05) is 12.1 Å². The fourth-order valence-corrected chi connectivity index (χ4v) is 2.07. The molecule has 4 heteroatoms. The van der Waals surface area contributed by atoms with Crippen LogP contribution in [0, 0.1) is 12.9 Å². The molecule has 0 radical (unpaired) electrons. The maximum atomic E-state index is 13.7. The zero-order valence-corrected chi connectivity index (χ0v) is 11.4. The van der Waals surface area contributed by atoms with E-state index in [-0.39, 0.29) is 11.5 Å². The number of hydrogen-bond donors (Lipinski definition) is 2. The van der Waals surface area contributed by atoms with Gasteiger partial charge in [-0.15, -0.1) is 0 Å². The van der Waals surface area contributed by atoms with E-state index in [1.54, 1.807) is 0 Å². The Morgan fingerprint density at radius 2 is 2.06 bits per heavy atom. The van der Waals surface area contributed by atoms with Crippen molar-refractivity contribution in [2.45, 2.75) is 39.7 Å². The van der Waals surface area contributed by atoms with Gasteiger partial charge in [-0.2, -0.15) is 9.49 Å². The van der Waals surface area contributed by atoms with E-state index < -0.39 is 0 Å². The minimum absolute atomic E-state index is 0.0821. The highest BCUT2D eigenvalue weighted by atomic mass is 19.1. The number of aromatic amines is 1. The van der Waals surface area contributed by atoms with Crippen LogP contribution in [0.1, 0.15) is 31.9 Å². The average molecular weight is 249 g/mol. The normalized spacial score (nSPS) is 12.3. The molecule has 3 nitrogen and oxygen atoms in total. The summed E-state index contributed by atoms with van der Waals surface area (Å²) in [4.78, 5) is 0. The van der Waals surface area contributed by atoms with Crippen LogP contribution in [0.3, 0.4) is 0 Å². The van der Waals surface area contributed by atoms with Crippen LogP contribution in [0.15, 0.2) is 12.1 Å². The van der Waals surface area contributed by atoms with Crippen LogP contribution >= 0.6 is 0 Å². The molecule has 1 aromatic heterocycles. The highest BCUT2D eigenvalue weighted by Crippen LogP contribution is 2.23. The first-order chi connectivity index (χ1) is 8.38. The topological polar surface area (TPSA) is 40.7 Å². The smallest absolute Gasteiger partial charge is 0.217 e. The van der Waals surface area contributed by atoms with Gasteiger partial charge in [0.05, 0.1) is 10.9 Å². The maximum Gasteiger partial charge on any atom is 0.217 e. The van der Waals surface area contributed by atoms with Crippen LogP contribution in [0.2, 0.25) is 0 Å². The predicted octanol–water partition coefficient (Wildman–Crippen LogP) is 2.94. The van der Waals surface area contributed by atoms with E-state index in [9.17, 15) is 4.39 Å². The Hall–Kier alpha value is -1.42. The van der Waals surface area contributed by atoms with Crippen molar-refractivity contribution in [2.24, 2.45) is 0 Å². The zero-order valence-electron chi connectivity index (χ0n) is 11.4. The Balaban J connectivity index is 2.23. The summed E-state index contributed by atoms with van der Waals surface area (Å²) in [6.07, 6.45) is 0.796. The van der Waals surface area contributed by atoms with E-state index in [1.807, 2.05) is 19.1 Å². The third-order valence-electron chi connectivity index (χ3n) is 3.00. The first kappa shape index (κ1) is 13.0. The van der Waals surface area contributed by atoms with Gasteiger partial charge in [0, 0.05) is 5.54 Å². The SMILES string of the molecule is Cc1ccc(CCNC(C)(C)C)c2c(F)[nH]nc12. The molecule has 0 aliphatic carbocycles. The third kappa shape index (κ3) is 2.70. The number of halogens is 1. The number of nitrogens with zero attached hydrogens (tertiary/aromatic N) is 1. The van der Waals surface area contributed by atoms with Crippen LogP contribution in [0.5, 0.6) is 0 Å². The van der Waals surface area contributed by atoms with Crippen LogP contribution < -0.4 is 5.32 Å². The van der Waals surface area contributed by atoms with E-state index in [0.29, 0.717) is 5.39 Å². The van der Waals surface area contributed by atoms with E-state index in [2.05, 4.69) is 36.3 Å². The molecule has 1 heterocycles. The molecule has 0 amide bonds. The molecule has 2 rings (SSSR count). The van der Waals surface area contributed by atoms with Gasteiger partial charge in [-0.3, -0.25) is 5.10 Å². The molecule has 0 bridgehead atoms. The van der Waals surface area contributed by atoms with Crippen LogP contribution in [0.25, 0.3) is 10.9 Å². The lowest BCUT2D eigenvalue weighted by atomic mass is 10.0. The first-order valence-electron chi connectivity index (χ1n) is 6.25. The number of H-pyrrole nitrogens is 1. The molecule has 18 heavy (non-hydrogen) atoms. The number of aromatic nitrogens is 2. The lowest BCUT2D eigenvalue weighted by Crippen LogP contribution is -2.37. The predicted molar refractivity (Wildman–Crippen MR) is 72.2 cm³/mol. The van der Waals surface area contributed by atoms with Gasteiger partial charge >= 0.3 is 0 Å². The highest BCUT2D eigenvalue weighted by molar-refractivity contribution is 5.85. The molecule has 0 saturated heterocycles. The van der Waals surface area contributed by atoms with Crippen molar-refractivity contribution in [3.8, 4) is 0 Å². The number of nitrogens with one attached hydrogen (secondary N) is 2. The number of rotatable bonds is 3. The van der Waals surface area contributed by atoms with Crippen molar-refractivity contribution in [3.63, 3.8) is 0 Å². The second-order valence-electron chi connectivity index (χ2n) is 5.73. The minimum Gasteiger partial charge on any atom is -0.312 e. The fraction of sp³-hybridized carbons (Fsp3) is 0.500. The summed E-state index contributed by atoms with van der Waals surface area (Å²) in [6, 6.07) is 3.98. The fourth-order valence-electron chi connectivity index (χ4n) is 2.07. The summed E-state index contributed by atoms with van der Waals surface area (Å²) >= 11 is 0. The lowest BCUT2D eigenvalue weighted by Gasteiger charge is -2.20. The molecule has 0 aliphatic heterocycles. The van der Waals surface area contributed by atoms with Gasteiger partial charge in [0.2, 0.25) is 5.95 Å². The number of fused-ring (bicyclic) bond motifs is 1. The van der Waals surface area contributed by atoms with Gasteiger partial charge in [0.15, 0.2) is 0 Å². The van der Waals surface area contributed by atoms with Crippen molar-refractivity contribution in [1.29, 1.82) is 0 Å². The molecule has 0 atom stereocenters. The summed E-state index contributed by atoms with van der Waals surface area (Å²) in [5.74, 6) is -0.334. The summed E-state index contributed by atoms with van der Waals surface area (Å²) in [5, 5.41) is 10.5. The summed E-state index contributed by atoms with van der Waals surface area (Å²) < 4.78 is 13.7. The Labute approximate surface area is 107 Å². The van der Waals surface area contributed by atoms with Crippen molar-refractivity contribution < 1.29 is 4.39 Å². The molecule has 0 unspecified atom stereocenters. The van der Waals surface area contributed by atoms with Crippen LogP contribution in [-0.4, -0.2) is 22.3 Å². The largest absolute Gasteiger partial charge is 0.312 e. The van der Waals surface area contributed by atoms with Crippen LogP contribution in [-0.2, 0) is 6.42 Å². The summed E-state index contributed by atoms with van der Waals surface area (Å²) in [5.41, 5.74) is 2.82. The Morgan fingerprint density at radius 1 is 1.33 bits per heavy atom. The lowest BCUT2D eigenvalue weighted by molar-refractivity contribution is 0.429. The Kier molecular flexibility index (Phi) is 3.39. The van der Waals surface area contributed by atoms with E-state index in [4.69, 9.17) is 0 Å². The molecular formula is C14H20FN3. The van der Waals surface area contributed by atoms with Crippen molar-refractivity contribution >= 4 is 10.9 Å². The van der Waals surface area contributed by atoms with Gasteiger partial charge < -0.3 is 5.32 Å². The molecule has 0 spiro atoms. The molecule has 98 valence electrons. The van der Waals surface area contributed by atoms with Crippen molar-refractivity contribution in [3.05, 3.63) is 29.2 Å². The Bertz CT molecular complexity index is 552. The monoisotopic (exact) mass is 249 g/mol. The van der Waals surface area contributed by atoms with E-state index >= 15 is 0 Å². The standard InChI is InChI=1S/C14H20FN3/c1-9-5-6-10(7-8-16-14(2,3)4)11-12(9)17-18-13(11)15/h5-6,16H,7-8H2,1-4H3,(H,17,18). The average Bonchev–Trinajstić information content (AvgIpc) is 2.64. The minimum atomic E-state index is -0.334. The van der Waals surface area contributed by atoms with Crippen LogP contribution in [0.4, 0.5) is 4.39 Å². The molecular weight excluding hydrogens is 229 g/mol. The molecule has 2 N–H and O–H groups in total. The molecule has 0 aliphatic rings. The first-order valence-corrected chi connectivity index (χ1v) is 6.25. The maximum absolute atomic E-state index is 13.7. The van der Waals surface area contributed by atoms with Gasteiger partial charge in [-0.05, 0) is 51.8 Å². The van der Waals surface area contributed by atoms with Crippen molar-refractivity contribution in [1.82, 2.24) is 15.5 Å². The molecule has 0 fully saturated rings. The number of hydrogen-bond acceptors (Lipinski definition) is 2. The van der Waals surface area contributed by atoms with E-state index in [0.717, 1.165) is 29.6 Å². The summed E-state index contributed by atoms with van der Waals surface area (Å²) in [7, 11) is 0. The quantitative estimate of drug-likeness (QED) is 0.878. The second kappa shape index (κ2) is 4.69. The molecule has 2 aromatic rings. The number of aryl methyl sites for hydroxylation is 1. The highest BCUT2D eigenvalue weighted by Gasteiger charge is 2.13. The van der Waals surface area contributed by atoms with E-state index in [1.165, 1.54) is 0 Å². The number of benzene rings is 1. The third-order valence-corrected chi connectivity index (χ3v) is 3.00. The second-order valence-corrected chi connectivity index (χ2v) is 5.73. The van der Waals surface area contributed by atoms with Gasteiger partial charge in [0.1, 0.15) is 0 Å². The molecule has 0 saturated carbocycles. The summed E-state index contributed by atoms with van der Waals surface area (Å²) in [6.45, 7) is 9.13. The van der Waals surface area contributed by atoms with Gasteiger partial charge in [0.25, 0.3) is 0 Å². The van der Waals surface area contributed by atoms with Crippen molar-refractivity contribution in [2.75, 3.05) is 6.54 Å².